The van der Waals surface area contributed by atoms with Crippen LogP contribution in [0.25, 0.3) is 10.6 Å². The second-order valence-electron chi connectivity index (χ2n) is 8.77. The number of hydrogen-bond acceptors (Lipinski definition) is 6. The van der Waals surface area contributed by atoms with Crippen molar-refractivity contribution in [2.75, 3.05) is 6.54 Å². The standard InChI is InChI=1S/C29H29F2N3O2S/c1-2-19-6-5-7-20(12-19)17-33-18-26(24(32)15-21-13-22(30)16-23(31)14-21)36-29(35)28-10-9-27(37-28)25-8-3-4-11-34-25/h3-14,16,24,26,33H,2,15,17-18,32H2,1H3. The topological polar surface area (TPSA) is 77.2 Å². The van der Waals surface area contributed by atoms with Crippen LogP contribution < -0.4 is 11.1 Å². The first-order valence-corrected chi connectivity index (χ1v) is 12.9. The van der Waals surface area contributed by atoms with Crippen LogP contribution in [0.5, 0.6) is 0 Å². The second kappa shape index (κ2) is 12.7. The maximum absolute atomic E-state index is 13.7. The molecular weight excluding hydrogens is 492 g/mol. The fourth-order valence-electron chi connectivity index (χ4n) is 4.02. The molecule has 2 atom stereocenters. The van der Waals surface area contributed by atoms with Gasteiger partial charge in [0, 0.05) is 31.4 Å². The van der Waals surface area contributed by atoms with Gasteiger partial charge in [0.15, 0.2) is 0 Å². The minimum atomic E-state index is -0.728. The van der Waals surface area contributed by atoms with Gasteiger partial charge in [0.1, 0.15) is 22.6 Å². The van der Waals surface area contributed by atoms with E-state index in [4.69, 9.17) is 10.5 Å². The van der Waals surface area contributed by atoms with Crippen molar-refractivity contribution in [3.05, 3.63) is 112 Å². The van der Waals surface area contributed by atoms with Gasteiger partial charge >= 0.3 is 5.97 Å². The van der Waals surface area contributed by atoms with Gasteiger partial charge in [-0.15, -0.1) is 11.3 Å². The molecule has 8 heteroatoms. The van der Waals surface area contributed by atoms with Gasteiger partial charge in [-0.05, 0) is 65.9 Å². The number of aryl methyl sites for hydroxylation is 1. The van der Waals surface area contributed by atoms with E-state index in [2.05, 4.69) is 29.4 Å². The summed E-state index contributed by atoms with van der Waals surface area (Å²) in [6.07, 6.45) is 2.04. The highest BCUT2D eigenvalue weighted by Crippen LogP contribution is 2.27. The summed E-state index contributed by atoms with van der Waals surface area (Å²) in [6.45, 7) is 2.94. The Morgan fingerprint density at radius 3 is 2.51 bits per heavy atom. The van der Waals surface area contributed by atoms with Gasteiger partial charge in [0.25, 0.3) is 0 Å². The van der Waals surface area contributed by atoms with Crippen molar-refractivity contribution in [3.63, 3.8) is 0 Å². The Hall–Kier alpha value is -3.46. The summed E-state index contributed by atoms with van der Waals surface area (Å²) in [7, 11) is 0. The summed E-state index contributed by atoms with van der Waals surface area (Å²) in [5, 5.41) is 3.32. The third kappa shape index (κ3) is 7.52. The predicted octanol–water partition coefficient (Wildman–Crippen LogP) is 5.54. The Balaban J connectivity index is 1.47. The quantitative estimate of drug-likeness (QED) is 0.254. The van der Waals surface area contributed by atoms with Gasteiger partial charge < -0.3 is 15.8 Å². The van der Waals surface area contributed by atoms with Crippen LogP contribution in [0.1, 0.15) is 33.3 Å². The summed E-state index contributed by atoms with van der Waals surface area (Å²) < 4.78 is 33.3. The van der Waals surface area contributed by atoms with E-state index in [-0.39, 0.29) is 13.0 Å². The number of nitrogens with zero attached hydrogens (tertiary/aromatic N) is 1. The van der Waals surface area contributed by atoms with E-state index in [1.807, 2.05) is 36.4 Å². The number of nitrogens with one attached hydrogen (secondary N) is 1. The fourth-order valence-corrected chi connectivity index (χ4v) is 4.89. The van der Waals surface area contributed by atoms with Crippen LogP contribution in [-0.4, -0.2) is 29.6 Å². The Bertz CT molecular complexity index is 1310. The maximum atomic E-state index is 13.7. The first-order valence-electron chi connectivity index (χ1n) is 12.1. The number of benzene rings is 2. The molecule has 5 nitrogen and oxygen atoms in total. The van der Waals surface area contributed by atoms with Crippen molar-refractivity contribution < 1.29 is 18.3 Å². The second-order valence-corrected chi connectivity index (χ2v) is 9.86. The SMILES string of the molecule is CCc1cccc(CNCC(OC(=O)c2ccc(-c3ccccn3)s2)C(N)Cc2cc(F)cc(F)c2)c1. The number of thiophene rings is 1. The number of aromatic nitrogens is 1. The van der Waals surface area contributed by atoms with Crippen molar-refractivity contribution in [2.24, 2.45) is 5.73 Å². The van der Waals surface area contributed by atoms with Crippen LogP contribution >= 0.6 is 11.3 Å². The maximum Gasteiger partial charge on any atom is 0.348 e. The third-order valence-electron chi connectivity index (χ3n) is 5.93. The molecule has 2 aromatic carbocycles. The summed E-state index contributed by atoms with van der Waals surface area (Å²) in [5.41, 5.74) is 9.93. The Labute approximate surface area is 219 Å². The summed E-state index contributed by atoms with van der Waals surface area (Å²) >= 11 is 1.28. The molecule has 4 rings (SSSR count). The van der Waals surface area contributed by atoms with Gasteiger partial charge in [0.2, 0.25) is 0 Å². The van der Waals surface area contributed by atoms with Crippen molar-refractivity contribution in [1.82, 2.24) is 10.3 Å². The molecule has 0 fully saturated rings. The molecule has 0 amide bonds. The normalized spacial score (nSPS) is 12.8. The Morgan fingerprint density at radius 1 is 1.00 bits per heavy atom. The highest BCUT2D eigenvalue weighted by atomic mass is 32.1. The smallest absolute Gasteiger partial charge is 0.348 e. The van der Waals surface area contributed by atoms with Crippen LogP contribution in [0.15, 0.2) is 79.0 Å². The Morgan fingerprint density at radius 2 is 1.78 bits per heavy atom. The van der Waals surface area contributed by atoms with Crippen LogP contribution in [0.2, 0.25) is 0 Å². The summed E-state index contributed by atoms with van der Waals surface area (Å²) in [5.74, 6) is -1.86. The molecule has 0 aliphatic heterocycles. The van der Waals surface area contributed by atoms with E-state index in [1.54, 1.807) is 12.3 Å². The number of hydrogen-bond donors (Lipinski definition) is 2. The molecule has 0 aliphatic rings. The zero-order chi connectivity index (χ0) is 26.2. The highest BCUT2D eigenvalue weighted by molar-refractivity contribution is 7.17. The number of esters is 1. The molecule has 3 N–H and O–H groups in total. The lowest BCUT2D eigenvalue weighted by Gasteiger charge is -2.25. The molecule has 37 heavy (non-hydrogen) atoms. The lowest BCUT2D eigenvalue weighted by Crippen LogP contribution is -2.45. The van der Waals surface area contributed by atoms with Crippen LogP contribution in [0, 0.1) is 11.6 Å². The molecule has 2 unspecified atom stereocenters. The predicted molar refractivity (Wildman–Crippen MR) is 142 cm³/mol. The largest absolute Gasteiger partial charge is 0.455 e. The number of halogens is 2. The average molecular weight is 522 g/mol. The molecule has 0 bridgehead atoms. The zero-order valence-corrected chi connectivity index (χ0v) is 21.3. The molecule has 0 radical (unpaired) electrons. The van der Waals surface area contributed by atoms with Crippen molar-refractivity contribution in [2.45, 2.75) is 38.5 Å². The molecule has 2 heterocycles. The summed E-state index contributed by atoms with van der Waals surface area (Å²) in [6, 6.07) is 19.9. The van der Waals surface area contributed by atoms with E-state index in [9.17, 15) is 13.6 Å². The van der Waals surface area contributed by atoms with Crippen molar-refractivity contribution in [1.29, 1.82) is 0 Å². The fraction of sp³-hybridized carbons (Fsp3) is 0.241. The first-order chi connectivity index (χ1) is 17.9. The van der Waals surface area contributed by atoms with E-state index >= 15 is 0 Å². The molecule has 2 aromatic heterocycles. The molecule has 0 aliphatic carbocycles. The number of rotatable bonds is 11. The molecule has 0 spiro atoms. The van der Waals surface area contributed by atoms with E-state index in [1.165, 1.54) is 29.0 Å². The van der Waals surface area contributed by atoms with Gasteiger partial charge in [0.05, 0.1) is 10.6 Å². The number of ether oxygens (including phenoxy) is 1. The minimum absolute atomic E-state index is 0.142. The number of carbonyl (C=O) groups is 1. The zero-order valence-electron chi connectivity index (χ0n) is 20.5. The molecule has 0 saturated heterocycles. The minimum Gasteiger partial charge on any atom is -0.455 e. The lowest BCUT2D eigenvalue weighted by molar-refractivity contribution is 0.0244. The van der Waals surface area contributed by atoms with Crippen LogP contribution in [0.4, 0.5) is 8.78 Å². The highest BCUT2D eigenvalue weighted by Gasteiger charge is 2.25. The molecule has 4 aromatic rings. The van der Waals surface area contributed by atoms with E-state index in [0.29, 0.717) is 17.0 Å². The van der Waals surface area contributed by atoms with Crippen molar-refractivity contribution in [3.8, 4) is 10.6 Å². The molecule has 192 valence electrons. The van der Waals surface area contributed by atoms with Gasteiger partial charge in [-0.2, -0.15) is 0 Å². The first kappa shape index (κ1) is 26.6. The van der Waals surface area contributed by atoms with Gasteiger partial charge in [-0.3, -0.25) is 4.98 Å². The third-order valence-corrected chi connectivity index (χ3v) is 7.02. The van der Waals surface area contributed by atoms with E-state index < -0.39 is 29.7 Å². The van der Waals surface area contributed by atoms with Crippen LogP contribution in [-0.2, 0) is 24.1 Å². The Kier molecular flexibility index (Phi) is 9.11. The van der Waals surface area contributed by atoms with E-state index in [0.717, 1.165) is 28.6 Å². The van der Waals surface area contributed by atoms with Gasteiger partial charge in [-0.1, -0.05) is 37.3 Å². The number of nitrogens with two attached hydrogens (primary N) is 1. The van der Waals surface area contributed by atoms with Gasteiger partial charge in [-0.25, -0.2) is 13.6 Å². The molecular formula is C29H29F2N3O2S. The lowest BCUT2D eigenvalue weighted by atomic mass is 10.0. The number of carbonyl (C=O) groups excluding carboxylic acids is 1. The van der Waals surface area contributed by atoms with Crippen molar-refractivity contribution >= 4 is 17.3 Å². The molecule has 0 saturated carbocycles. The number of pyridine rings is 1. The van der Waals surface area contributed by atoms with Crippen LogP contribution in [0.3, 0.4) is 0 Å². The monoisotopic (exact) mass is 521 g/mol. The summed E-state index contributed by atoms with van der Waals surface area (Å²) in [4.78, 5) is 18.6. The average Bonchev–Trinajstić information content (AvgIpc) is 3.39.